The van der Waals surface area contributed by atoms with Gasteiger partial charge < -0.3 is 4.52 Å². The summed E-state index contributed by atoms with van der Waals surface area (Å²) in [5.74, 6) is 1.28. The zero-order chi connectivity index (χ0) is 14.5. The lowest BCUT2D eigenvalue weighted by Gasteiger charge is -2.32. The summed E-state index contributed by atoms with van der Waals surface area (Å²) in [4.78, 5) is 10.0. The monoisotopic (exact) mass is 287 g/mol. The molecule has 1 aromatic heterocycles. The van der Waals surface area contributed by atoms with Crippen molar-refractivity contribution in [3.8, 4) is 0 Å². The van der Waals surface area contributed by atoms with Gasteiger partial charge in [0.2, 0.25) is 6.39 Å². The number of hydroxylamine groups is 2. The van der Waals surface area contributed by atoms with Gasteiger partial charge in [0.05, 0.1) is 6.61 Å². The standard InChI is InChI=1S/C16H21N3O2/c1-19(21-11-13-5-3-2-4-6-13)15-9-7-14(8-10-15)16-17-12-20-18-16/h2-6,12,14-15H,7-11H2,1H3. The maximum atomic E-state index is 5.88. The molecule has 0 saturated heterocycles. The zero-order valence-electron chi connectivity index (χ0n) is 12.3. The van der Waals surface area contributed by atoms with Crippen LogP contribution >= 0.6 is 0 Å². The first-order valence-corrected chi connectivity index (χ1v) is 7.49. The highest BCUT2D eigenvalue weighted by Crippen LogP contribution is 2.32. The van der Waals surface area contributed by atoms with E-state index in [1.807, 2.05) is 30.3 Å². The second-order valence-corrected chi connectivity index (χ2v) is 5.60. The van der Waals surface area contributed by atoms with Gasteiger partial charge in [0.25, 0.3) is 0 Å². The van der Waals surface area contributed by atoms with Crippen LogP contribution in [0.4, 0.5) is 0 Å². The Kier molecular flexibility index (Phi) is 4.62. The molecule has 0 radical (unpaired) electrons. The Morgan fingerprint density at radius 2 is 1.95 bits per heavy atom. The Morgan fingerprint density at radius 1 is 1.19 bits per heavy atom. The molecule has 112 valence electrons. The molecule has 1 aromatic carbocycles. The molecule has 1 fully saturated rings. The fraction of sp³-hybridized carbons (Fsp3) is 0.500. The maximum absolute atomic E-state index is 5.88. The Morgan fingerprint density at radius 3 is 2.62 bits per heavy atom. The second kappa shape index (κ2) is 6.83. The predicted octanol–water partition coefficient (Wildman–Crippen LogP) is 3.16. The summed E-state index contributed by atoms with van der Waals surface area (Å²) < 4.78 is 4.83. The molecule has 0 bridgehead atoms. The van der Waals surface area contributed by atoms with E-state index in [9.17, 15) is 0 Å². The highest BCUT2D eigenvalue weighted by Gasteiger charge is 2.27. The molecule has 1 aliphatic rings. The molecule has 0 amide bonds. The van der Waals surface area contributed by atoms with Crippen LogP contribution in [0, 0.1) is 0 Å². The third-order valence-corrected chi connectivity index (χ3v) is 4.23. The average molecular weight is 287 g/mol. The molecule has 0 spiro atoms. The summed E-state index contributed by atoms with van der Waals surface area (Å²) in [6, 6.07) is 10.7. The Labute approximate surface area is 124 Å². The van der Waals surface area contributed by atoms with Gasteiger partial charge in [0, 0.05) is 19.0 Å². The Hall–Kier alpha value is -1.72. The highest BCUT2D eigenvalue weighted by molar-refractivity contribution is 5.13. The second-order valence-electron chi connectivity index (χ2n) is 5.60. The molecule has 2 aromatic rings. The lowest BCUT2D eigenvalue weighted by molar-refractivity contribution is -0.184. The molecule has 1 heterocycles. The van der Waals surface area contributed by atoms with Crippen LogP contribution in [0.25, 0.3) is 0 Å². The van der Waals surface area contributed by atoms with Crippen LogP contribution in [0.3, 0.4) is 0 Å². The van der Waals surface area contributed by atoms with Gasteiger partial charge in [-0.15, -0.1) is 0 Å². The molecule has 0 N–H and O–H groups in total. The number of hydrogen-bond acceptors (Lipinski definition) is 5. The summed E-state index contributed by atoms with van der Waals surface area (Å²) in [6.07, 6.45) is 5.79. The van der Waals surface area contributed by atoms with Crippen molar-refractivity contribution in [2.24, 2.45) is 0 Å². The van der Waals surface area contributed by atoms with Gasteiger partial charge in [0.15, 0.2) is 5.82 Å². The lowest BCUT2D eigenvalue weighted by atomic mass is 9.85. The Bertz CT molecular complexity index is 522. The quantitative estimate of drug-likeness (QED) is 0.791. The summed E-state index contributed by atoms with van der Waals surface area (Å²) in [5.41, 5.74) is 1.20. The number of aromatic nitrogens is 2. The van der Waals surface area contributed by atoms with E-state index in [0.29, 0.717) is 18.6 Å². The number of benzene rings is 1. The third kappa shape index (κ3) is 3.68. The largest absolute Gasteiger partial charge is 0.343 e. The molecule has 3 rings (SSSR count). The summed E-state index contributed by atoms with van der Waals surface area (Å²) in [5, 5.41) is 5.97. The normalized spacial score (nSPS) is 22.6. The van der Waals surface area contributed by atoms with Crippen molar-refractivity contribution in [2.45, 2.75) is 44.2 Å². The van der Waals surface area contributed by atoms with Crippen LogP contribution in [0.1, 0.15) is 43.0 Å². The van der Waals surface area contributed by atoms with E-state index in [1.165, 1.54) is 12.0 Å². The van der Waals surface area contributed by atoms with E-state index in [0.717, 1.165) is 31.5 Å². The van der Waals surface area contributed by atoms with Crippen LogP contribution < -0.4 is 0 Å². The van der Waals surface area contributed by atoms with E-state index in [4.69, 9.17) is 9.36 Å². The van der Waals surface area contributed by atoms with Crippen molar-refractivity contribution in [1.29, 1.82) is 0 Å². The number of rotatable bonds is 5. The van der Waals surface area contributed by atoms with Crippen LogP contribution in [-0.2, 0) is 11.4 Å². The molecule has 0 unspecified atom stereocenters. The minimum atomic E-state index is 0.433. The third-order valence-electron chi connectivity index (χ3n) is 4.23. The topological polar surface area (TPSA) is 51.4 Å². The summed E-state index contributed by atoms with van der Waals surface area (Å²) in [6.45, 7) is 0.627. The highest BCUT2D eigenvalue weighted by atomic mass is 16.7. The minimum absolute atomic E-state index is 0.433. The van der Waals surface area contributed by atoms with Crippen molar-refractivity contribution in [3.63, 3.8) is 0 Å². The van der Waals surface area contributed by atoms with Crippen molar-refractivity contribution in [2.75, 3.05) is 7.05 Å². The molecule has 0 aliphatic heterocycles. The van der Waals surface area contributed by atoms with E-state index < -0.39 is 0 Å². The minimum Gasteiger partial charge on any atom is -0.343 e. The first-order valence-electron chi connectivity index (χ1n) is 7.49. The van der Waals surface area contributed by atoms with Gasteiger partial charge in [-0.1, -0.05) is 35.5 Å². The van der Waals surface area contributed by atoms with E-state index in [2.05, 4.69) is 22.3 Å². The van der Waals surface area contributed by atoms with Crippen molar-refractivity contribution in [3.05, 3.63) is 48.1 Å². The van der Waals surface area contributed by atoms with Crippen molar-refractivity contribution in [1.82, 2.24) is 15.2 Å². The zero-order valence-corrected chi connectivity index (χ0v) is 12.3. The van der Waals surface area contributed by atoms with E-state index in [1.54, 1.807) is 0 Å². The molecular formula is C16H21N3O2. The first kappa shape index (κ1) is 14.2. The van der Waals surface area contributed by atoms with Gasteiger partial charge in [-0.25, -0.2) is 0 Å². The van der Waals surface area contributed by atoms with E-state index >= 15 is 0 Å². The fourth-order valence-electron chi connectivity index (χ4n) is 2.91. The van der Waals surface area contributed by atoms with Crippen LogP contribution in [0.2, 0.25) is 0 Å². The maximum Gasteiger partial charge on any atom is 0.213 e. The van der Waals surface area contributed by atoms with Crippen LogP contribution in [0.15, 0.2) is 41.2 Å². The lowest BCUT2D eigenvalue weighted by Crippen LogP contribution is -2.34. The predicted molar refractivity (Wildman–Crippen MR) is 78.3 cm³/mol. The summed E-state index contributed by atoms with van der Waals surface area (Å²) >= 11 is 0. The molecule has 5 heteroatoms. The molecule has 0 atom stereocenters. The van der Waals surface area contributed by atoms with Gasteiger partial charge in [-0.05, 0) is 31.2 Å². The van der Waals surface area contributed by atoms with Gasteiger partial charge in [0.1, 0.15) is 0 Å². The van der Waals surface area contributed by atoms with Gasteiger partial charge in [-0.3, -0.25) is 4.84 Å². The van der Waals surface area contributed by atoms with Crippen LogP contribution in [0.5, 0.6) is 0 Å². The van der Waals surface area contributed by atoms with Crippen molar-refractivity contribution < 1.29 is 9.36 Å². The Balaban J connectivity index is 1.45. The van der Waals surface area contributed by atoms with Gasteiger partial charge >= 0.3 is 0 Å². The first-order chi connectivity index (χ1) is 10.3. The molecule has 1 saturated carbocycles. The van der Waals surface area contributed by atoms with E-state index in [-0.39, 0.29) is 0 Å². The number of nitrogens with zero attached hydrogens (tertiary/aromatic N) is 3. The fourth-order valence-corrected chi connectivity index (χ4v) is 2.91. The molecule has 5 nitrogen and oxygen atoms in total. The van der Waals surface area contributed by atoms with Crippen LogP contribution in [-0.4, -0.2) is 28.3 Å². The van der Waals surface area contributed by atoms with Crippen molar-refractivity contribution >= 4 is 0 Å². The smallest absolute Gasteiger partial charge is 0.213 e. The molecular weight excluding hydrogens is 266 g/mol. The molecule has 1 aliphatic carbocycles. The summed E-state index contributed by atoms with van der Waals surface area (Å²) in [7, 11) is 2.03. The average Bonchev–Trinajstić information content (AvgIpc) is 3.08. The molecule has 21 heavy (non-hydrogen) atoms. The van der Waals surface area contributed by atoms with Gasteiger partial charge in [-0.2, -0.15) is 10.0 Å². The SMILES string of the molecule is CN(OCc1ccccc1)C1CCC(c2ncon2)CC1. The number of hydrogen-bond donors (Lipinski definition) is 0.